The van der Waals surface area contributed by atoms with Crippen molar-refractivity contribution < 1.29 is 14.7 Å². The number of nitrogens with one attached hydrogen (secondary N) is 2. The third-order valence-electron chi connectivity index (χ3n) is 3.66. The molecule has 3 N–H and O–H groups in total. The number of hydrogen-bond donors (Lipinski definition) is 3. The zero-order chi connectivity index (χ0) is 12.3. The van der Waals surface area contributed by atoms with Gasteiger partial charge in [0, 0.05) is 12.6 Å². The van der Waals surface area contributed by atoms with Gasteiger partial charge in [-0.05, 0) is 44.4 Å². The van der Waals surface area contributed by atoms with Crippen molar-refractivity contribution in [2.75, 3.05) is 6.54 Å². The Morgan fingerprint density at radius 1 is 1.06 bits per heavy atom. The summed E-state index contributed by atoms with van der Waals surface area (Å²) in [5.74, 6) is -0.412. The molecule has 96 valence electrons. The van der Waals surface area contributed by atoms with Gasteiger partial charge in [-0.2, -0.15) is 0 Å². The molecule has 2 fully saturated rings. The second-order valence-corrected chi connectivity index (χ2v) is 5.18. The second-order valence-electron chi connectivity index (χ2n) is 5.18. The first kappa shape index (κ1) is 12.2. The molecule has 0 heterocycles. The first-order valence-electron chi connectivity index (χ1n) is 6.42. The topological polar surface area (TPSA) is 78.4 Å². The molecule has 0 atom stereocenters. The Morgan fingerprint density at radius 3 is 2.24 bits per heavy atom. The Hall–Kier alpha value is -1.26. The normalized spacial score (nSPS) is 28.5. The predicted molar refractivity (Wildman–Crippen MR) is 62.6 cm³/mol. The number of urea groups is 1. The summed E-state index contributed by atoms with van der Waals surface area (Å²) >= 11 is 0. The number of carboxylic acid groups (broad SMARTS) is 1. The molecular weight excluding hydrogens is 220 g/mol. The van der Waals surface area contributed by atoms with E-state index >= 15 is 0 Å². The maximum absolute atomic E-state index is 11.4. The van der Waals surface area contributed by atoms with Crippen LogP contribution in [0.5, 0.6) is 0 Å². The van der Waals surface area contributed by atoms with Gasteiger partial charge in [0.05, 0.1) is 5.92 Å². The van der Waals surface area contributed by atoms with E-state index in [-0.39, 0.29) is 11.9 Å². The van der Waals surface area contributed by atoms with E-state index in [1.165, 1.54) is 0 Å². The van der Waals surface area contributed by atoms with Crippen LogP contribution in [0.2, 0.25) is 0 Å². The minimum atomic E-state index is -0.678. The average molecular weight is 240 g/mol. The summed E-state index contributed by atoms with van der Waals surface area (Å²) < 4.78 is 0. The molecule has 5 nitrogen and oxygen atoms in total. The molecule has 2 aliphatic rings. The lowest BCUT2D eigenvalue weighted by Gasteiger charge is -2.26. The second kappa shape index (κ2) is 5.38. The monoisotopic (exact) mass is 240 g/mol. The molecule has 0 aromatic carbocycles. The van der Waals surface area contributed by atoms with Crippen molar-refractivity contribution in [2.45, 2.75) is 44.6 Å². The third kappa shape index (κ3) is 3.91. The smallest absolute Gasteiger partial charge is 0.315 e. The summed E-state index contributed by atoms with van der Waals surface area (Å²) in [5.41, 5.74) is 0. The van der Waals surface area contributed by atoms with Crippen LogP contribution < -0.4 is 10.6 Å². The van der Waals surface area contributed by atoms with Crippen LogP contribution in [0.4, 0.5) is 4.79 Å². The van der Waals surface area contributed by atoms with Crippen LogP contribution in [0.15, 0.2) is 0 Å². The first-order valence-corrected chi connectivity index (χ1v) is 6.42. The Bertz CT molecular complexity index is 294. The van der Waals surface area contributed by atoms with E-state index in [0.29, 0.717) is 18.5 Å². The Morgan fingerprint density at radius 2 is 1.71 bits per heavy atom. The first-order chi connectivity index (χ1) is 8.15. The van der Waals surface area contributed by atoms with Crippen LogP contribution in [0.1, 0.15) is 38.5 Å². The fraction of sp³-hybridized carbons (Fsp3) is 0.833. The van der Waals surface area contributed by atoms with Crippen LogP contribution in [0.3, 0.4) is 0 Å². The largest absolute Gasteiger partial charge is 0.481 e. The molecule has 2 saturated carbocycles. The summed E-state index contributed by atoms with van der Waals surface area (Å²) in [6.45, 7) is 0.672. The van der Waals surface area contributed by atoms with Crippen LogP contribution in [0.25, 0.3) is 0 Å². The van der Waals surface area contributed by atoms with E-state index in [1.807, 2.05) is 0 Å². The Labute approximate surface area is 101 Å². The molecule has 0 bridgehead atoms. The molecule has 0 saturated heterocycles. The van der Waals surface area contributed by atoms with Crippen molar-refractivity contribution in [2.24, 2.45) is 11.8 Å². The summed E-state index contributed by atoms with van der Waals surface area (Å²) in [4.78, 5) is 22.2. The molecule has 2 aliphatic carbocycles. The molecule has 0 spiro atoms. The van der Waals surface area contributed by atoms with Crippen molar-refractivity contribution in [3.63, 3.8) is 0 Å². The van der Waals surface area contributed by atoms with Gasteiger partial charge in [0.25, 0.3) is 0 Å². The highest BCUT2D eigenvalue weighted by Gasteiger charge is 2.27. The van der Waals surface area contributed by atoms with E-state index in [0.717, 1.165) is 38.5 Å². The highest BCUT2D eigenvalue weighted by Crippen LogP contribution is 2.28. The Balaban J connectivity index is 1.60. The van der Waals surface area contributed by atoms with Gasteiger partial charge in [0.2, 0.25) is 0 Å². The number of carboxylic acids is 1. The maximum Gasteiger partial charge on any atom is 0.315 e. The van der Waals surface area contributed by atoms with Crippen molar-refractivity contribution in [3.8, 4) is 0 Å². The third-order valence-corrected chi connectivity index (χ3v) is 3.66. The maximum atomic E-state index is 11.4. The molecule has 0 radical (unpaired) electrons. The summed E-state index contributed by atoms with van der Waals surface area (Å²) in [6, 6.07) is 0.311. The van der Waals surface area contributed by atoms with E-state index in [4.69, 9.17) is 5.11 Å². The molecular formula is C12H20N2O3. The number of amides is 2. The standard InChI is InChI=1S/C12H20N2O3/c15-11(16)9-3-1-8(2-4-9)7-13-12(17)14-10-5-6-10/h8-10H,1-7H2,(H,15,16)(H2,13,14,17). The van der Waals surface area contributed by atoms with Gasteiger partial charge in [-0.25, -0.2) is 4.79 Å². The Kier molecular flexibility index (Phi) is 3.86. The predicted octanol–water partition coefficient (Wildman–Crippen LogP) is 1.34. The number of hydrogen-bond acceptors (Lipinski definition) is 2. The SMILES string of the molecule is O=C(NCC1CCC(C(=O)O)CC1)NC1CC1. The van der Waals surface area contributed by atoms with E-state index in [9.17, 15) is 9.59 Å². The molecule has 0 unspecified atom stereocenters. The molecule has 0 aromatic rings. The minimum Gasteiger partial charge on any atom is -0.481 e. The van der Waals surface area contributed by atoms with Gasteiger partial charge in [0.15, 0.2) is 0 Å². The molecule has 2 rings (SSSR count). The molecule has 0 aliphatic heterocycles. The highest BCUT2D eigenvalue weighted by molar-refractivity contribution is 5.74. The van der Waals surface area contributed by atoms with Gasteiger partial charge in [-0.1, -0.05) is 0 Å². The lowest BCUT2D eigenvalue weighted by molar-refractivity contribution is -0.143. The van der Waals surface area contributed by atoms with E-state index < -0.39 is 5.97 Å². The fourth-order valence-corrected chi connectivity index (χ4v) is 2.31. The van der Waals surface area contributed by atoms with Crippen molar-refractivity contribution in [1.29, 1.82) is 0 Å². The van der Waals surface area contributed by atoms with Crippen LogP contribution in [-0.2, 0) is 4.79 Å². The molecule has 17 heavy (non-hydrogen) atoms. The summed E-state index contributed by atoms with van der Waals surface area (Å²) in [6.07, 6.45) is 5.48. The van der Waals surface area contributed by atoms with E-state index in [1.54, 1.807) is 0 Å². The van der Waals surface area contributed by atoms with Crippen LogP contribution in [0, 0.1) is 11.8 Å². The van der Waals surface area contributed by atoms with Gasteiger partial charge in [0.1, 0.15) is 0 Å². The lowest BCUT2D eigenvalue weighted by atomic mass is 9.82. The number of aliphatic carboxylic acids is 1. The molecule has 5 heteroatoms. The fourth-order valence-electron chi connectivity index (χ4n) is 2.31. The zero-order valence-electron chi connectivity index (χ0n) is 9.95. The summed E-state index contributed by atoms with van der Waals surface area (Å²) in [7, 11) is 0. The van der Waals surface area contributed by atoms with Gasteiger partial charge >= 0.3 is 12.0 Å². The van der Waals surface area contributed by atoms with Gasteiger partial charge in [-0.3, -0.25) is 4.79 Å². The van der Waals surface area contributed by atoms with Crippen molar-refractivity contribution in [1.82, 2.24) is 10.6 Å². The number of rotatable bonds is 4. The minimum absolute atomic E-state index is 0.0761. The number of carbonyl (C=O) groups excluding carboxylic acids is 1. The van der Waals surface area contributed by atoms with E-state index in [2.05, 4.69) is 10.6 Å². The molecule has 0 aromatic heterocycles. The number of carbonyl (C=O) groups is 2. The highest BCUT2D eigenvalue weighted by atomic mass is 16.4. The molecule has 2 amide bonds. The van der Waals surface area contributed by atoms with Crippen molar-refractivity contribution >= 4 is 12.0 Å². The lowest BCUT2D eigenvalue weighted by Crippen LogP contribution is -2.40. The summed E-state index contributed by atoms with van der Waals surface area (Å²) in [5, 5.41) is 14.6. The average Bonchev–Trinajstić information content (AvgIpc) is 3.11. The van der Waals surface area contributed by atoms with Gasteiger partial charge in [-0.15, -0.1) is 0 Å². The van der Waals surface area contributed by atoms with Gasteiger partial charge < -0.3 is 15.7 Å². The zero-order valence-corrected chi connectivity index (χ0v) is 9.95. The quantitative estimate of drug-likeness (QED) is 0.694. The van der Waals surface area contributed by atoms with Crippen LogP contribution >= 0.6 is 0 Å². The van der Waals surface area contributed by atoms with Crippen LogP contribution in [-0.4, -0.2) is 29.7 Å². The van der Waals surface area contributed by atoms with Crippen molar-refractivity contribution in [3.05, 3.63) is 0 Å².